The molecule has 0 bridgehead atoms. The highest BCUT2D eigenvalue weighted by atomic mass is 35.5. The highest BCUT2D eigenvalue weighted by molar-refractivity contribution is 7.92. The minimum Gasteiger partial charge on any atom is -0.495 e. The normalized spacial score (nSPS) is 11.0. The van der Waals surface area contributed by atoms with Crippen molar-refractivity contribution in [2.75, 3.05) is 23.3 Å². The average molecular weight is 465 g/mol. The highest BCUT2D eigenvalue weighted by Crippen LogP contribution is 2.31. The Morgan fingerprint density at radius 1 is 0.967 bits per heavy atom. The quantitative estimate of drug-likeness (QED) is 0.542. The molecule has 9 heteroatoms. The van der Waals surface area contributed by atoms with Gasteiger partial charge in [0.1, 0.15) is 12.3 Å². The van der Waals surface area contributed by atoms with Crippen LogP contribution in [-0.4, -0.2) is 28.0 Å². The number of para-hydroxylation sites is 2. The van der Waals surface area contributed by atoms with Crippen molar-refractivity contribution in [1.29, 1.82) is 0 Å². The molecule has 0 atom stereocenters. The SMILES string of the molecule is COc1ccccc1NC(=O)CN(c1ccc(Cl)c(Cl)c1)S(=O)(=O)c1ccccc1. The van der Waals surface area contributed by atoms with Crippen LogP contribution in [0.15, 0.2) is 77.7 Å². The third kappa shape index (κ3) is 4.87. The molecule has 0 unspecified atom stereocenters. The van der Waals surface area contributed by atoms with Gasteiger partial charge in [0.15, 0.2) is 0 Å². The van der Waals surface area contributed by atoms with E-state index < -0.39 is 22.5 Å². The molecule has 1 amide bonds. The van der Waals surface area contributed by atoms with E-state index in [1.165, 1.54) is 37.4 Å². The van der Waals surface area contributed by atoms with E-state index in [2.05, 4.69) is 5.32 Å². The van der Waals surface area contributed by atoms with Crippen molar-refractivity contribution in [1.82, 2.24) is 0 Å². The van der Waals surface area contributed by atoms with Gasteiger partial charge in [-0.3, -0.25) is 9.10 Å². The summed E-state index contributed by atoms with van der Waals surface area (Å²) >= 11 is 12.1. The van der Waals surface area contributed by atoms with Crippen LogP contribution in [0.4, 0.5) is 11.4 Å². The molecule has 3 aromatic rings. The monoisotopic (exact) mass is 464 g/mol. The Labute approximate surface area is 185 Å². The predicted molar refractivity (Wildman–Crippen MR) is 119 cm³/mol. The van der Waals surface area contributed by atoms with E-state index in [1.54, 1.807) is 42.5 Å². The number of benzene rings is 3. The summed E-state index contributed by atoms with van der Waals surface area (Å²) in [5, 5.41) is 3.13. The van der Waals surface area contributed by atoms with Crippen LogP contribution in [-0.2, 0) is 14.8 Å². The van der Waals surface area contributed by atoms with E-state index in [-0.39, 0.29) is 20.6 Å². The van der Waals surface area contributed by atoms with Crippen LogP contribution in [0.5, 0.6) is 5.75 Å². The molecule has 0 saturated heterocycles. The van der Waals surface area contributed by atoms with Crippen molar-refractivity contribution in [2.45, 2.75) is 4.90 Å². The summed E-state index contributed by atoms with van der Waals surface area (Å²) in [4.78, 5) is 12.8. The Morgan fingerprint density at radius 3 is 2.30 bits per heavy atom. The van der Waals surface area contributed by atoms with Crippen molar-refractivity contribution < 1.29 is 17.9 Å². The maximum atomic E-state index is 13.3. The molecule has 0 heterocycles. The van der Waals surface area contributed by atoms with Crippen LogP contribution in [0.1, 0.15) is 0 Å². The maximum Gasteiger partial charge on any atom is 0.264 e. The van der Waals surface area contributed by atoms with Crippen LogP contribution in [0.3, 0.4) is 0 Å². The van der Waals surface area contributed by atoms with Gasteiger partial charge in [0.05, 0.1) is 33.4 Å². The van der Waals surface area contributed by atoms with E-state index in [4.69, 9.17) is 27.9 Å². The zero-order valence-corrected chi connectivity index (χ0v) is 18.2. The molecule has 3 rings (SSSR count). The van der Waals surface area contributed by atoms with E-state index in [1.807, 2.05) is 0 Å². The number of hydrogen-bond acceptors (Lipinski definition) is 4. The number of ether oxygens (including phenoxy) is 1. The van der Waals surface area contributed by atoms with Gasteiger partial charge >= 0.3 is 0 Å². The third-order valence-corrected chi connectivity index (χ3v) is 6.72. The second-order valence-corrected chi connectivity index (χ2v) is 8.85. The van der Waals surface area contributed by atoms with E-state index in [0.29, 0.717) is 11.4 Å². The smallest absolute Gasteiger partial charge is 0.264 e. The van der Waals surface area contributed by atoms with Crippen LogP contribution in [0.25, 0.3) is 0 Å². The van der Waals surface area contributed by atoms with E-state index in [0.717, 1.165) is 4.31 Å². The van der Waals surface area contributed by atoms with E-state index >= 15 is 0 Å². The summed E-state index contributed by atoms with van der Waals surface area (Å²) in [6, 6.07) is 19.0. The molecule has 1 N–H and O–H groups in total. The van der Waals surface area contributed by atoms with Gasteiger partial charge in [-0.05, 0) is 42.5 Å². The van der Waals surface area contributed by atoms with Gasteiger partial charge in [-0.25, -0.2) is 8.42 Å². The maximum absolute atomic E-state index is 13.3. The number of sulfonamides is 1. The van der Waals surface area contributed by atoms with Gasteiger partial charge in [-0.15, -0.1) is 0 Å². The van der Waals surface area contributed by atoms with Crippen molar-refractivity contribution in [2.24, 2.45) is 0 Å². The summed E-state index contributed by atoms with van der Waals surface area (Å²) in [5.41, 5.74) is 0.639. The van der Waals surface area contributed by atoms with Gasteiger partial charge in [-0.1, -0.05) is 53.5 Å². The van der Waals surface area contributed by atoms with Crippen molar-refractivity contribution in [3.05, 3.63) is 82.8 Å². The molecular weight excluding hydrogens is 447 g/mol. The number of nitrogens with one attached hydrogen (secondary N) is 1. The molecule has 0 aliphatic rings. The lowest BCUT2D eigenvalue weighted by Crippen LogP contribution is -2.38. The van der Waals surface area contributed by atoms with Gasteiger partial charge in [0.2, 0.25) is 5.91 Å². The van der Waals surface area contributed by atoms with Crippen LogP contribution < -0.4 is 14.4 Å². The Kier molecular flexibility index (Phi) is 6.87. The first-order chi connectivity index (χ1) is 14.3. The molecule has 0 radical (unpaired) electrons. The molecule has 6 nitrogen and oxygen atoms in total. The predicted octanol–water partition coefficient (Wildman–Crippen LogP) is 4.84. The van der Waals surface area contributed by atoms with Crippen LogP contribution in [0, 0.1) is 0 Å². The minimum absolute atomic E-state index is 0.0427. The average Bonchev–Trinajstić information content (AvgIpc) is 2.75. The van der Waals surface area contributed by atoms with Crippen LogP contribution in [0.2, 0.25) is 10.0 Å². The molecule has 30 heavy (non-hydrogen) atoms. The Bertz CT molecular complexity index is 1150. The number of rotatable bonds is 7. The lowest BCUT2D eigenvalue weighted by atomic mass is 10.3. The number of hydrogen-bond donors (Lipinski definition) is 1. The third-order valence-electron chi connectivity index (χ3n) is 4.19. The molecule has 0 fully saturated rings. The fraction of sp³-hybridized carbons (Fsp3) is 0.0952. The first-order valence-electron chi connectivity index (χ1n) is 8.78. The second kappa shape index (κ2) is 9.38. The molecule has 3 aromatic carbocycles. The summed E-state index contributed by atoms with van der Waals surface area (Å²) < 4.78 is 32.8. The lowest BCUT2D eigenvalue weighted by Gasteiger charge is -2.24. The van der Waals surface area contributed by atoms with Gasteiger partial charge in [0, 0.05) is 0 Å². The Morgan fingerprint density at radius 2 is 1.63 bits per heavy atom. The minimum atomic E-state index is -4.05. The van der Waals surface area contributed by atoms with Gasteiger partial charge < -0.3 is 10.1 Å². The highest BCUT2D eigenvalue weighted by Gasteiger charge is 2.27. The first kappa shape index (κ1) is 22.0. The first-order valence-corrected chi connectivity index (χ1v) is 11.0. The number of anilines is 2. The summed E-state index contributed by atoms with van der Waals surface area (Å²) in [6.45, 7) is -0.479. The zero-order chi connectivity index (χ0) is 21.7. The van der Waals surface area contributed by atoms with Gasteiger partial charge in [-0.2, -0.15) is 0 Å². The Balaban J connectivity index is 1.97. The molecular formula is C21H18Cl2N2O4S. The topological polar surface area (TPSA) is 75.7 Å². The lowest BCUT2D eigenvalue weighted by molar-refractivity contribution is -0.114. The molecule has 0 aromatic heterocycles. The number of carbonyl (C=O) groups excluding carboxylic acids is 1. The molecule has 0 spiro atoms. The van der Waals surface area contributed by atoms with Crippen molar-refractivity contribution in [3.63, 3.8) is 0 Å². The number of amides is 1. The number of nitrogens with zero attached hydrogens (tertiary/aromatic N) is 1. The summed E-state index contributed by atoms with van der Waals surface area (Å²) in [7, 11) is -2.57. The Hall–Kier alpha value is -2.74. The van der Waals surface area contributed by atoms with Gasteiger partial charge in [0.25, 0.3) is 10.0 Å². The fourth-order valence-electron chi connectivity index (χ4n) is 2.74. The number of methoxy groups -OCH3 is 1. The van der Waals surface area contributed by atoms with Crippen molar-refractivity contribution in [3.8, 4) is 5.75 Å². The standard InChI is InChI=1S/C21H18Cl2N2O4S/c1-29-20-10-6-5-9-19(20)24-21(26)14-25(15-11-12-17(22)18(23)13-15)30(27,28)16-7-3-2-4-8-16/h2-13H,14H2,1H3,(H,24,26). The molecule has 156 valence electrons. The fourth-order valence-corrected chi connectivity index (χ4v) is 4.47. The van der Waals surface area contributed by atoms with E-state index in [9.17, 15) is 13.2 Å². The molecule has 0 aliphatic carbocycles. The summed E-state index contributed by atoms with van der Waals surface area (Å²) in [6.07, 6.45) is 0. The molecule has 0 aliphatic heterocycles. The summed E-state index contributed by atoms with van der Waals surface area (Å²) in [5.74, 6) is -0.0945. The number of carbonyl (C=O) groups is 1. The second-order valence-electron chi connectivity index (χ2n) is 6.17. The number of halogens is 2. The molecule has 0 saturated carbocycles. The van der Waals surface area contributed by atoms with Crippen LogP contribution >= 0.6 is 23.2 Å². The van der Waals surface area contributed by atoms with Crippen molar-refractivity contribution >= 4 is 50.5 Å². The largest absolute Gasteiger partial charge is 0.495 e. The zero-order valence-electron chi connectivity index (χ0n) is 15.9.